The van der Waals surface area contributed by atoms with E-state index in [0.717, 1.165) is 35.0 Å². The highest BCUT2D eigenvalue weighted by atomic mass is 15.2. The summed E-state index contributed by atoms with van der Waals surface area (Å²) in [5, 5.41) is 10.3. The number of imidazole rings is 1. The van der Waals surface area contributed by atoms with Crippen molar-refractivity contribution >= 4 is 5.95 Å². The topological polar surface area (TPSA) is 84.3 Å². The first-order valence-corrected chi connectivity index (χ1v) is 6.82. The van der Waals surface area contributed by atoms with Gasteiger partial charge in [0.15, 0.2) is 0 Å². The van der Waals surface area contributed by atoms with E-state index < -0.39 is 0 Å². The molecule has 0 bridgehead atoms. The zero-order valence-electron chi connectivity index (χ0n) is 12.3. The highest BCUT2D eigenvalue weighted by Gasteiger charge is 2.14. The Balaban J connectivity index is 2.03. The molecule has 0 spiro atoms. The van der Waals surface area contributed by atoms with Gasteiger partial charge in [0.2, 0.25) is 5.95 Å². The third-order valence-electron chi connectivity index (χ3n) is 3.22. The van der Waals surface area contributed by atoms with Crippen LogP contribution in [-0.4, -0.2) is 36.3 Å². The summed E-state index contributed by atoms with van der Waals surface area (Å²) in [6, 6.07) is 0. The van der Waals surface area contributed by atoms with Crippen molar-refractivity contribution in [2.75, 3.05) is 11.9 Å². The first-order valence-electron chi connectivity index (χ1n) is 6.82. The summed E-state index contributed by atoms with van der Waals surface area (Å²) in [6.07, 6.45) is 7.22. The van der Waals surface area contributed by atoms with Crippen LogP contribution in [0.4, 0.5) is 5.95 Å². The lowest BCUT2D eigenvalue weighted by atomic mass is 10.2. The third kappa shape index (κ3) is 2.37. The van der Waals surface area contributed by atoms with E-state index >= 15 is 0 Å². The Morgan fingerprint density at radius 2 is 1.95 bits per heavy atom. The minimum Gasteiger partial charge on any atom is -0.355 e. The highest BCUT2D eigenvalue weighted by Crippen LogP contribution is 2.23. The van der Waals surface area contributed by atoms with Crippen molar-refractivity contribution in [2.45, 2.75) is 20.8 Å². The van der Waals surface area contributed by atoms with E-state index in [2.05, 4.69) is 30.5 Å². The summed E-state index contributed by atoms with van der Waals surface area (Å²) in [4.78, 5) is 13.0. The van der Waals surface area contributed by atoms with Crippen molar-refractivity contribution in [1.82, 2.24) is 29.7 Å². The molecule has 3 aromatic rings. The molecule has 0 amide bonds. The Morgan fingerprint density at radius 3 is 2.57 bits per heavy atom. The maximum atomic E-state index is 4.42. The van der Waals surface area contributed by atoms with Gasteiger partial charge in [-0.25, -0.2) is 15.0 Å². The molecule has 0 saturated carbocycles. The molecule has 7 nitrogen and oxygen atoms in total. The van der Waals surface area contributed by atoms with Gasteiger partial charge >= 0.3 is 0 Å². The lowest BCUT2D eigenvalue weighted by Gasteiger charge is -2.08. The van der Waals surface area contributed by atoms with Crippen LogP contribution in [0.2, 0.25) is 0 Å². The normalized spacial score (nSPS) is 10.8. The minimum atomic E-state index is 0.620. The molecule has 0 aliphatic heterocycles. The van der Waals surface area contributed by atoms with Crippen molar-refractivity contribution in [1.29, 1.82) is 0 Å². The quantitative estimate of drug-likeness (QED) is 0.766. The molecule has 2 N–H and O–H groups in total. The first kappa shape index (κ1) is 13.3. The molecule has 3 rings (SSSR count). The predicted octanol–water partition coefficient (Wildman–Crippen LogP) is 2.10. The average molecular weight is 283 g/mol. The SMILES string of the molecule is CCNc1ncc(-c2nccn2-c2c(C)n[nH]c2C)cn1. The van der Waals surface area contributed by atoms with Crippen LogP contribution in [0.15, 0.2) is 24.8 Å². The van der Waals surface area contributed by atoms with Crippen LogP contribution in [0.5, 0.6) is 0 Å². The predicted molar refractivity (Wildman–Crippen MR) is 80.4 cm³/mol. The molecule has 108 valence electrons. The number of hydrogen-bond donors (Lipinski definition) is 2. The van der Waals surface area contributed by atoms with E-state index in [1.165, 1.54) is 0 Å². The Labute approximate surface area is 122 Å². The van der Waals surface area contributed by atoms with Gasteiger partial charge in [-0.15, -0.1) is 0 Å². The van der Waals surface area contributed by atoms with Gasteiger partial charge in [0, 0.05) is 31.3 Å². The van der Waals surface area contributed by atoms with Gasteiger partial charge in [0.25, 0.3) is 0 Å². The fourth-order valence-corrected chi connectivity index (χ4v) is 2.29. The van der Waals surface area contributed by atoms with E-state index in [0.29, 0.717) is 5.95 Å². The minimum absolute atomic E-state index is 0.620. The third-order valence-corrected chi connectivity index (χ3v) is 3.22. The molecule has 0 aliphatic rings. The van der Waals surface area contributed by atoms with Crippen LogP contribution in [0.25, 0.3) is 17.1 Å². The molecule has 0 aliphatic carbocycles. The Hall–Kier alpha value is -2.70. The molecule has 0 aromatic carbocycles. The van der Waals surface area contributed by atoms with Crippen LogP contribution in [0, 0.1) is 13.8 Å². The molecule has 0 radical (unpaired) electrons. The number of aromatic amines is 1. The number of hydrogen-bond acceptors (Lipinski definition) is 5. The van der Waals surface area contributed by atoms with Gasteiger partial charge in [-0.3, -0.25) is 9.67 Å². The molecule has 0 atom stereocenters. The van der Waals surface area contributed by atoms with Crippen molar-refractivity contribution in [3.63, 3.8) is 0 Å². The molecule has 0 fully saturated rings. The van der Waals surface area contributed by atoms with Crippen LogP contribution < -0.4 is 5.32 Å². The second kappa shape index (κ2) is 5.35. The second-order valence-electron chi connectivity index (χ2n) is 4.73. The van der Waals surface area contributed by atoms with Gasteiger partial charge in [-0.2, -0.15) is 5.10 Å². The monoisotopic (exact) mass is 283 g/mol. The van der Waals surface area contributed by atoms with Gasteiger partial charge in [-0.1, -0.05) is 0 Å². The van der Waals surface area contributed by atoms with E-state index in [1.54, 1.807) is 18.6 Å². The molecule has 7 heteroatoms. The average Bonchev–Trinajstić information content (AvgIpc) is 3.07. The summed E-state index contributed by atoms with van der Waals surface area (Å²) in [7, 11) is 0. The van der Waals surface area contributed by atoms with Crippen LogP contribution in [-0.2, 0) is 0 Å². The molecule has 21 heavy (non-hydrogen) atoms. The highest BCUT2D eigenvalue weighted by molar-refractivity contribution is 5.58. The number of rotatable bonds is 4. The largest absolute Gasteiger partial charge is 0.355 e. The van der Waals surface area contributed by atoms with E-state index in [-0.39, 0.29) is 0 Å². The summed E-state index contributed by atoms with van der Waals surface area (Å²) < 4.78 is 2.00. The molecule has 3 aromatic heterocycles. The Bertz CT molecular complexity index is 720. The number of aromatic nitrogens is 6. The van der Waals surface area contributed by atoms with E-state index in [1.807, 2.05) is 31.5 Å². The lowest BCUT2D eigenvalue weighted by molar-refractivity contribution is 1.02. The smallest absolute Gasteiger partial charge is 0.222 e. The number of anilines is 1. The van der Waals surface area contributed by atoms with Gasteiger partial charge < -0.3 is 5.32 Å². The van der Waals surface area contributed by atoms with Crippen LogP contribution in [0.3, 0.4) is 0 Å². The fraction of sp³-hybridized carbons (Fsp3) is 0.286. The van der Waals surface area contributed by atoms with Crippen molar-refractivity contribution in [2.24, 2.45) is 0 Å². The maximum Gasteiger partial charge on any atom is 0.222 e. The van der Waals surface area contributed by atoms with Gasteiger partial charge in [0.1, 0.15) is 5.82 Å². The first-order chi connectivity index (χ1) is 10.2. The van der Waals surface area contributed by atoms with Gasteiger partial charge in [0.05, 0.1) is 22.6 Å². The Morgan fingerprint density at radius 1 is 1.19 bits per heavy atom. The Kier molecular flexibility index (Phi) is 3.39. The second-order valence-corrected chi connectivity index (χ2v) is 4.73. The number of H-pyrrole nitrogens is 1. The summed E-state index contributed by atoms with van der Waals surface area (Å²) >= 11 is 0. The zero-order valence-corrected chi connectivity index (χ0v) is 12.3. The van der Waals surface area contributed by atoms with Crippen LogP contribution in [0.1, 0.15) is 18.3 Å². The summed E-state index contributed by atoms with van der Waals surface area (Å²) in [5.41, 5.74) is 3.80. The fourth-order valence-electron chi connectivity index (χ4n) is 2.29. The summed E-state index contributed by atoms with van der Waals surface area (Å²) in [5.74, 6) is 1.42. The van der Waals surface area contributed by atoms with E-state index in [4.69, 9.17) is 0 Å². The number of aryl methyl sites for hydroxylation is 2. The number of nitrogens with zero attached hydrogens (tertiary/aromatic N) is 5. The van der Waals surface area contributed by atoms with E-state index in [9.17, 15) is 0 Å². The molecular weight excluding hydrogens is 266 g/mol. The molecule has 0 unspecified atom stereocenters. The van der Waals surface area contributed by atoms with Crippen molar-refractivity contribution in [3.05, 3.63) is 36.2 Å². The zero-order chi connectivity index (χ0) is 14.8. The lowest BCUT2D eigenvalue weighted by Crippen LogP contribution is -2.03. The van der Waals surface area contributed by atoms with Crippen LogP contribution >= 0.6 is 0 Å². The molecular formula is C14H17N7. The van der Waals surface area contributed by atoms with Gasteiger partial charge in [-0.05, 0) is 20.8 Å². The van der Waals surface area contributed by atoms with Crippen molar-refractivity contribution < 1.29 is 0 Å². The van der Waals surface area contributed by atoms with Crippen molar-refractivity contribution in [3.8, 4) is 17.1 Å². The summed E-state index contributed by atoms with van der Waals surface area (Å²) in [6.45, 7) is 6.76. The number of nitrogens with one attached hydrogen (secondary N) is 2. The standard InChI is InChI=1S/C14H17N7/c1-4-15-14-17-7-11(8-18-14)13-16-5-6-21(13)12-9(2)19-20-10(12)3/h5-8H,4H2,1-3H3,(H,19,20)(H,15,17,18). The maximum absolute atomic E-state index is 4.42. The molecule has 0 saturated heterocycles. The molecule has 3 heterocycles.